The number of carbonyl (C=O) groups excluding carboxylic acids is 1. The van der Waals surface area contributed by atoms with E-state index in [9.17, 15) is 30.2 Å². The van der Waals surface area contributed by atoms with Crippen LogP contribution in [0, 0.1) is 10.1 Å². The van der Waals surface area contributed by atoms with Crippen LogP contribution in [-0.4, -0.2) is 43.4 Å². The molecular weight excluding hydrogens is 334 g/mol. The van der Waals surface area contributed by atoms with Gasteiger partial charge >= 0.3 is 0 Å². The van der Waals surface area contributed by atoms with E-state index >= 15 is 0 Å². The van der Waals surface area contributed by atoms with Gasteiger partial charge in [0.15, 0.2) is 11.8 Å². The second-order valence-corrected chi connectivity index (χ2v) is 5.24. The first kappa shape index (κ1) is 18.1. The summed E-state index contributed by atoms with van der Waals surface area (Å²) in [6, 6.07) is 6.20. The van der Waals surface area contributed by atoms with Crippen LogP contribution in [0.4, 0.5) is 11.4 Å². The summed E-state index contributed by atoms with van der Waals surface area (Å²) in [6.07, 6.45) is -1.09. The number of aromatic hydroxyl groups is 2. The Balaban J connectivity index is 2.08. The number of rotatable bonds is 7. The van der Waals surface area contributed by atoms with E-state index in [0.717, 1.165) is 10.6 Å². The van der Waals surface area contributed by atoms with Gasteiger partial charge in [0, 0.05) is 31.2 Å². The third kappa shape index (κ3) is 4.61. The number of nitro groups is 1. The molecule has 0 aliphatic heterocycles. The van der Waals surface area contributed by atoms with Crippen LogP contribution in [0.5, 0.6) is 17.5 Å². The summed E-state index contributed by atoms with van der Waals surface area (Å²) in [5.74, 6) is -0.731. The zero-order valence-electron chi connectivity index (χ0n) is 13.2. The molecule has 1 atom stereocenters. The number of amides is 1. The molecule has 0 saturated carbocycles. The summed E-state index contributed by atoms with van der Waals surface area (Å²) in [5, 5.41) is 42.3. The highest BCUT2D eigenvalue weighted by Crippen LogP contribution is 2.29. The first-order valence-corrected chi connectivity index (χ1v) is 7.22. The second kappa shape index (κ2) is 7.53. The molecule has 1 aromatic heterocycles. The van der Waals surface area contributed by atoms with Gasteiger partial charge in [0.2, 0.25) is 5.91 Å². The predicted octanol–water partition coefficient (Wildman–Crippen LogP) is 1.21. The average molecular weight is 351 g/mol. The number of ether oxygens (including phenoxy) is 1. The summed E-state index contributed by atoms with van der Waals surface area (Å²) < 4.78 is 6.48. The van der Waals surface area contributed by atoms with Crippen molar-refractivity contribution in [1.82, 2.24) is 4.57 Å². The van der Waals surface area contributed by atoms with Crippen LogP contribution in [0.3, 0.4) is 0 Å². The molecule has 0 bridgehead atoms. The van der Waals surface area contributed by atoms with Gasteiger partial charge in [-0.15, -0.1) is 0 Å². The Morgan fingerprint density at radius 3 is 2.52 bits per heavy atom. The van der Waals surface area contributed by atoms with Gasteiger partial charge in [-0.1, -0.05) is 0 Å². The van der Waals surface area contributed by atoms with Crippen molar-refractivity contribution in [3.63, 3.8) is 0 Å². The van der Waals surface area contributed by atoms with Gasteiger partial charge in [-0.25, -0.2) is 0 Å². The average Bonchev–Trinajstić information content (AvgIpc) is 2.85. The van der Waals surface area contributed by atoms with Crippen molar-refractivity contribution in [2.24, 2.45) is 0 Å². The lowest BCUT2D eigenvalue weighted by Gasteiger charge is -2.16. The topological polar surface area (TPSA) is 147 Å². The lowest BCUT2D eigenvalue weighted by atomic mass is 10.2. The number of carbonyl (C=O) groups is 1. The molecule has 1 amide bonds. The number of benzene rings is 1. The van der Waals surface area contributed by atoms with Gasteiger partial charge in [0.05, 0.1) is 17.2 Å². The molecule has 1 unspecified atom stereocenters. The van der Waals surface area contributed by atoms with Crippen LogP contribution >= 0.6 is 0 Å². The molecule has 25 heavy (non-hydrogen) atoms. The molecule has 1 aromatic carbocycles. The quantitative estimate of drug-likeness (QED) is 0.433. The first-order valence-electron chi connectivity index (χ1n) is 7.22. The molecule has 0 aliphatic carbocycles. The summed E-state index contributed by atoms with van der Waals surface area (Å²) in [7, 11) is 0. The first-order chi connectivity index (χ1) is 11.8. The molecule has 0 radical (unpaired) electrons. The fourth-order valence-electron chi connectivity index (χ4n) is 2.13. The zero-order chi connectivity index (χ0) is 18.6. The van der Waals surface area contributed by atoms with Crippen LogP contribution in [0.2, 0.25) is 0 Å². The van der Waals surface area contributed by atoms with Crippen molar-refractivity contribution in [3.05, 3.63) is 40.4 Å². The Hall–Kier alpha value is -3.27. The Bertz CT molecular complexity index is 768. The minimum atomic E-state index is -1.09. The van der Waals surface area contributed by atoms with Gasteiger partial charge in [-0.3, -0.25) is 19.5 Å². The molecule has 0 spiro atoms. The lowest BCUT2D eigenvalue weighted by Crippen LogP contribution is -2.23. The fraction of sp³-hybridized carbons (Fsp3) is 0.267. The van der Waals surface area contributed by atoms with Crippen LogP contribution in [0.1, 0.15) is 6.92 Å². The lowest BCUT2D eigenvalue weighted by molar-refractivity contribution is -0.384. The Morgan fingerprint density at radius 1 is 1.32 bits per heavy atom. The molecule has 10 heteroatoms. The smallest absolute Gasteiger partial charge is 0.271 e. The number of aliphatic hydroxyl groups is 1. The highest BCUT2D eigenvalue weighted by molar-refractivity contribution is 5.90. The summed E-state index contributed by atoms with van der Waals surface area (Å²) >= 11 is 0. The van der Waals surface area contributed by atoms with E-state index in [1.807, 2.05) is 0 Å². The number of aromatic nitrogens is 1. The van der Waals surface area contributed by atoms with E-state index in [4.69, 9.17) is 4.74 Å². The number of nitro benzene ring substituents is 1. The molecule has 2 aromatic rings. The van der Waals surface area contributed by atoms with E-state index in [0.29, 0.717) is 0 Å². The van der Waals surface area contributed by atoms with Crippen molar-refractivity contribution in [2.45, 2.75) is 19.6 Å². The number of non-ortho nitro benzene ring substituents is 1. The van der Waals surface area contributed by atoms with Gasteiger partial charge in [-0.05, 0) is 6.07 Å². The number of nitrogens with one attached hydrogen (secondary N) is 1. The zero-order valence-corrected chi connectivity index (χ0v) is 13.2. The molecule has 2 rings (SSSR count). The van der Waals surface area contributed by atoms with E-state index in [1.165, 1.54) is 31.2 Å². The summed E-state index contributed by atoms with van der Waals surface area (Å²) in [5.41, 5.74) is -0.126. The largest absolute Gasteiger partial charge is 0.494 e. The van der Waals surface area contributed by atoms with Crippen LogP contribution in [-0.2, 0) is 11.3 Å². The number of nitrogens with zero attached hydrogens (tertiary/aromatic N) is 2. The van der Waals surface area contributed by atoms with Gasteiger partial charge in [0.25, 0.3) is 5.69 Å². The Labute approximate surface area is 142 Å². The van der Waals surface area contributed by atoms with Gasteiger partial charge in [-0.2, -0.15) is 0 Å². The van der Waals surface area contributed by atoms with Crippen molar-refractivity contribution in [2.75, 3.05) is 11.9 Å². The maximum absolute atomic E-state index is 11.2. The number of hydrogen-bond donors (Lipinski definition) is 4. The van der Waals surface area contributed by atoms with Gasteiger partial charge in [0.1, 0.15) is 18.5 Å². The predicted molar refractivity (Wildman–Crippen MR) is 86.7 cm³/mol. The number of anilines is 1. The van der Waals surface area contributed by atoms with Crippen molar-refractivity contribution < 1.29 is 29.8 Å². The van der Waals surface area contributed by atoms with Gasteiger partial charge < -0.3 is 25.4 Å². The highest BCUT2D eigenvalue weighted by Gasteiger charge is 2.16. The fourth-order valence-corrected chi connectivity index (χ4v) is 2.13. The standard InChI is InChI=1S/C15H17N3O7/c1-9(19)16-12-6-10(18(23)24)2-3-13(12)25-8-11(20)7-17-14(21)4-5-15(17)22/h2-6,11,20-22H,7-8H2,1H3,(H,16,19). The Kier molecular flexibility index (Phi) is 5.45. The Morgan fingerprint density at radius 2 is 1.96 bits per heavy atom. The molecular formula is C15H17N3O7. The molecule has 134 valence electrons. The van der Waals surface area contributed by atoms with Crippen LogP contribution in [0.25, 0.3) is 0 Å². The van der Waals surface area contributed by atoms with E-state index in [1.54, 1.807) is 0 Å². The molecule has 0 fully saturated rings. The summed E-state index contributed by atoms with van der Waals surface area (Å²) in [6.45, 7) is 0.879. The van der Waals surface area contributed by atoms with E-state index < -0.39 is 16.9 Å². The molecule has 1 heterocycles. The minimum absolute atomic E-state index is 0.0977. The number of aliphatic hydroxyl groups excluding tert-OH is 1. The second-order valence-electron chi connectivity index (χ2n) is 5.24. The van der Waals surface area contributed by atoms with E-state index in [-0.39, 0.29) is 42.0 Å². The third-order valence-corrected chi connectivity index (χ3v) is 3.24. The highest BCUT2D eigenvalue weighted by atomic mass is 16.6. The van der Waals surface area contributed by atoms with Crippen molar-refractivity contribution >= 4 is 17.3 Å². The minimum Gasteiger partial charge on any atom is -0.494 e. The third-order valence-electron chi connectivity index (χ3n) is 3.24. The van der Waals surface area contributed by atoms with Crippen molar-refractivity contribution in [3.8, 4) is 17.5 Å². The monoisotopic (exact) mass is 351 g/mol. The van der Waals surface area contributed by atoms with E-state index in [2.05, 4.69) is 5.32 Å². The van der Waals surface area contributed by atoms with Crippen LogP contribution < -0.4 is 10.1 Å². The molecule has 0 saturated heterocycles. The van der Waals surface area contributed by atoms with Crippen LogP contribution in [0.15, 0.2) is 30.3 Å². The maximum atomic E-state index is 11.2. The molecule has 0 aliphatic rings. The summed E-state index contributed by atoms with van der Waals surface area (Å²) in [4.78, 5) is 21.4. The number of hydrogen-bond acceptors (Lipinski definition) is 7. The normalized spacial score (nSPS) is 11.8. The SMILES string of the molecule is CC(=O)Nc1cc([N+](=O)[O-])ccc1OCC(O)Cn1c(O)ccc1O. The molecule has 10 nitrogen and oxygen atoms in total. The maximum Gasteiger partial charge on any atom is 0.271 e. The van der Waals surface area contributed by atoms with Crippen molar-refractivity contribution in [1.29, 1.82) is 0 Å². The molecule has 4 N–H and O–H groups in total.